The third kappa shape index (κ3) is 2.88. The SMILES string of the molecule is Cc1ncsc1CNC(=O)c1cc(Br)ccc1O. The van der Waals surface area contributed by atoms with Crippen LogP contribution in [0.25, 0.3) is 0 Å². The van der Waals surface area contributed by atoms with E-state index in [0.29, 0.717) is 6.54 Å². The maximum absolute atomic E-state index is 11.9. The quantitative estimate of drug-likeness (QED) is 0.911. The Morgan fingerprint density at radius 3 is 3.00 bits per heavy atom. The Kier molecular flexibility index (Phi) is 3.98. The summed E-state index contributed by atoms with van der Waals surface area (Å²) in [6.07, 6.45) is 0. The second-order valence-electron chi connectivity index (χ2n) is 3.71. The molecule has 0 fully saturated rings. The second-order valence-corrected chi connectivity index (χ2v) is 5.56. The number of carbonyl (C=O) groups is 1. The number of amides is 1. The predicted octanol–water partition coefficient (Wildman–Crippen LogP) is 2.85. The molecule has 0 unspecified atom stereocenters. The van der Waals surface area contributed by atoms with Gasteiger partial charge < -0.3 is 10.4 Å². The van der Waals surface area contributed by atoms with Crippen LogP contribution in [0.2, 0.25) is 0 Å². The number of aromatic nitrogens is 1. The Hall–Kier alpha value is -1.40. The summed E-state index contributed by atoms with van der Waals surface area (Å²) in [5.74, 6) is -0.335. The fraction of sp³-hybridized carbons (Fsp3) is 0.167. The van der Waals surface area contributed by atoms with Crippen LogP contribution in [0.1, 0.15) is 20.9 Å². The Labute approximate surface area is 117 Å². The van der Waals surface area contributed by atoms with Gasteiger partial charge in [-0.05, 0) is 25.1 Å². The smallest absolute Gasteiger partial charge is 0.255 e. The van der Waals surface area contributed by atoms with Crippen LogP contribution in [0.15, 0.2) is 28.2 Å². The van der Waals surface area contributed by atoms with E-state index in [1.54, 1.807) is 17.6 Å². The topological polar surface area (TPSA) is 62.2 Å². The molecule has 1 aromatic carbocycles. The first-order chi connectivity index (χ1) is 8.58. The first-order valence-electron chi connectivity index (χ1n) is 5.23. The van der Waals surface area contributed by atoms with Gasteiger partial charge in [-0.3, -0.25) is 4.79 Å². The molecular weight excluding hydrogens is 316 g/mol. The van der Waals surface area contributed by atoms with Crippen molar-refractivity contribution in [2.45, 2.75) is 13.5 Å². The van der Waals surface area contributed by atoms with Crippen LogP contribution in [-0.2, 0) is 6.54 Å². The van der Waals surface area contributed by atoms with Crippen molar-refractivity contribution < 1.29 is 9.90 Å². The molecule has 1 amide bonds. The minimum absolute atomic E-state index is 0.0308. The van der Waals surface area contributed by atoms with Gasteiger partial charge in [0.2, 0.25) is 0 Å². The molecule has 4 nitrogen and oxygen atoms in total. The Bertz CT molecular complexity index is 583. The number of carbonyl (C=O) groups excluding carboxylic acids is 1. The van der Waals surface area contributed by atoms with Gasteiger partial charge in [-0.2, -0.15) is 0 Å². The Morgan fingerprint density at radius 1 is 1.56 bits per heavy atom. The number of thiazole rings is 1. The van der Waals surface area contributed by atoms with Crippen LogP contribution >= 0.6 is 27.3 Å². The van der Waals surface area contributed by atoms with Gasteiger partial charge in [0, 0.05) is 9.35 Å². The zero-order valence-electron chi connectivity index (χ0n) is 9.61. The lowest BCUT2D eigenvalue weighted by Crippen LogP contribution is -2.22. The van der Waals surface area contributed by atoms with E-state index in [1.165, 1.54) is 17.4 Å². The zero-order chi connectivity index (χ0) is 13.1. The molecule has 0 aliphatic heterocycles. The maximum Gasteiger partial charge on any atom is 0.255 e. The summed E-state index contributed by atoms with van der Waals surface area (Å²) in [6.45, 7) is 2.32. The van der Waals surface area contributed by atoms with E-state index < -0.39 is 0 Å². The Balaban J connectivity index is 2.08. The molecule has 0 radical (unpaired) electrons. The molecule has 0 saturated carbocycles. The summed E-state index contributed by atoms with van der Waals surface area (Å²) in [4.78, 5) is 17.0. The van der Waals surface area contributed by atoms with Gasteiger partial charge in [-0.1, -0.05) is 15.9 Å². The van der Waals surface area contributed by atoms with Crippen LogP contribution < -0.4 is 5.32 Å². The van der Waals surface area contributed by atoms with E-state index in [0.717, 1.165) is 15.0 Å². The molecule has 18 heavy (non-hydrogen) atoms. The zero-order valence-corrected chi connectivity index (χ0v) is 12.0. The average molecular weight is 327 g/mol. The van der Waals surface area contributed by atoms with Crippen LogP contribution in [0.5, 0.6) is 5.75 Å². The van der Waals surface area contributed by atoms with Gasteiger partial charge in [-0.15, -0.1) is 11.3 Å². The van der Waals surface area contributed by atoms with E-state index in [4.69, 9.17) is 0 Å². The van der Waals surface area contributed by atoms with Gasteiger partial charge in [0.25, 0.3) is 5.91 Å². The number of rotatable bonds is 3. The number of aromatic hydroxyl groups is 1. The highest BCUT2D eigenvalue weighted by atomic mass is 79.9. The van der Waals surface area contributed by atoms with Crippen molar-refractivity contribution in [1.29, 1.82) is 0 Å². The molecule has 0 aliphatic carbocycles. The molecule has 1 aromatic heterocycles. The molecule has 0 spiro atoms. The van der Waals surface area contributed by atoms with Crippen LogP contribution in [0.4, 0.5) is 0 Å². The van der Waals surface area contributed by atoms with Crippen molar-refractivity contribution in [2.24, 2.45) is 0 Å². The lowest BCUT2D eigenvalue weighted by molar-refractivity contribution is 0.0948. The number of benzene rings is 1. The molecular formula is C12H11BrN2O2S. The highest BCUT2D eigenvalue weighted by Crippen LogP contribution is 2.22. The first kappa shape index (κ1) is 13.0. The molecule has 2 rings (SSSR count). The van der Waals surface area contributed by atoms with Gasteiger partial charge >= 0.3 is 0 Å². The van der Waals surface area contributed by atoms with Gasteiger partial charge in [-0.25, -0.2) is 4.98 Å². The number of hydrogen-bond donors (Lipinski definition) is 2. The standard InChI is InChI=1S/C12H11BrN2O2S/c1-7-11(18-6-15-7)5-14-12(17)9-4-8(13)2-3-10(9)16/h2-4,6,16H,5H2,1H3,(H,14,17). The number of hydrogen-bond acceptors (Lipinski definition) is 4. The van der Waals surface area contributed by atoms with E-state index >= 15 is 0 Å². The van der Waals surface area contributed by atoms with Crippen LogP contribution in [0, 0.1) is 6.92 Å². The van der Waals surface area contributed by atoms with Crippen molar-refractivity contribution in [3.63, 3.8) is 0 Å². The number of phenolic OH excluding ortho intramolecular Hbond substituents is 1. The van der Waals surface area contributed by atoms with Crippen molar-refractivity contribution in [3.8, 4) is 5.75 Å². The van der Waals surface area contributed by atoms with E-state index in [9.17, 15) is 9.90 Å². The first-order valence-corrected chi connectivity index (χ1v) is 6.91. The summed E-state index contributed by atoms with van der Waals surface area (Å²) < 4.78 is 0.749. The molecule has 0 bridgehead atoms. The highest BCUT2D eigenvalue weighted by molar-refractivity contribution is 9.10. The Morgan fingerprint density at radius 2 is 2.33 bits per heavy atom. The van der Waals surface area contributed by atoms with Gasteiger partial charge in [0.15, 0.2) is 0 Å². The van der Waals surface area contributed by atoms with E-state index in [2.05, 4.69) is 26.2 Å². The number of nitrogens with zero attached hydrogens (tertiary/aromatic N) is 1. The maximum atomic E-state index is 11.9. The predicted molar refractivity (Wildman–Crippen MR) is 73.8 cm³/mol. The second kappa shape index (κ2) is 5.49. The lowest BCUT2D eigenvalue weighted by Gasteiger charge is -2.06. The largest absolute Gasteiger partial charge is 0.507 e. The summed E-state index contributed by atoms with van der Waals surface area (Å²) in [6, 6.07) is 4.75. The third-order valence-corrected chi connectivity index (χ3v) is 3.89. The minimum atomic E-state index is -0.304. The highest BCUT2D eigenvalue weighted by Gasteiger charge is 2.12. The number of aryl methyl sites for hydroxylation is 1. The molecule has 0 atom stereocenters. The van der Waals surface area contributed by atoms with Crippen LogP contribution in [0.3, 0.4) is 0 Å². The van der Waals surface area contributed by atoms with E-state index in [1.807, 2.05) is 6.92 Å². The fourth-order valence-electron chi connectivity index (χ4n) is 1.44. The molecule has 0 aliphatic rings. The minimum Gasteiger partial charge on any atom is -0.507 e. The van der Waals surface area contributed by atoms with Crippen molar-refractivity contribution in [1.82, 2.24) is 10.3 Å². The molecule has 1 heterocycles. The molecule has 6 heteroatoms. The van der Waals surface area contributed by atoms with Crippen molar-refractivity contribution in [2.75, 3.05) is 0 Å². The lowest BCUT2D eigenvalue weighted by atomic mass is 10.2. The third-order valence-electron chi connectivity index (χ3n) is 2.46. The molecule has 2 aromatic rings. The normalized spacial score (nSPS) is 10.3. The number of phenols is 1. The molecule has 94 valence electrons. The number of halogens is 1. The fourth-order valence-corrected chi connectivity index (χ4v) is 2.52. The van der Waals surface area contributed by atoms with Crippen molar-refractivity contribution in [3.05, 3.63) is 44.3 Å². The summed E-state index contributed by atoms with van der Waals surface area (Å²) in [5.41, 5.74) is 2.92. The summed E-state index contributed by atoms with van der Waals surface area (Å²) >= 11 is 4.76. The average Bonchev–Trinajstić information content (AvgIpc) is 2.75. The number of nitrogens with one attached hydrogen (secondary N) is 1. The van der Waals surface area contributed by atoms with Gasteiger partial charge in [0.1, 0.15) is 5.75 Å². The summed E-state index contributed by atoms with van der Waals surface area (Å²) in [7, 11) is 0. The summed E-state index contributed by atoms with van der Waals surface area (Å²) in [5, 5.41) is 12.4. The van der Waals surface area contributed by atoms with Crippen LogP contribution in [-0.4, -0.2) is 16.0 Å². The monoisotopic (exact) mass is 326 g/mol. The molecule has 2 N–H and O–H groups in total. The van der Waals surface area contributed by atoms with Crippen molar-refractivity contribution >= 4 is 33.2 Å². The molecule has 0 saturated heterocycles. The van der Waals surface area contributed by atoms with E-state index in [-0.39, 0.29) is 17.2 Å². The van der Waals surface area contributed by atoms with Gasteiger partial charge in [0.05, 0.1) is 23.3 Å².